The summed E-state index contributed by atoms with van der Waals surface area (Å²) in [6.07, 6.45) is 7.42. The number of nitrogens with one attached hydrogen (secondary N) is 2. The van der Waals surface area contributed by atoms with Gasteiger partial charge in [-0.15, -0.1) is 11.3 Å². The minimum atomic E-state index is -0.00548. The van der Waals surface area contributed by atoms with Gasteiger partial charge in [-0.3, -0.25) is 4.79 Å². The zero-order chi connectivity index (χ0) is 13.9. The highest BCUT2D eigenvalue weighted by Gasteiger charge is 2.34. The van der Waals surface area contributed by atoms with Gasteiger partial charge in [0.1, 0.15) is 0 Å². The summed E-state index contributed by atoms with van der Waals surface area (Å²) in [7, 11) is 0. The van der Waals surface area contributed by atoms with E-state index in [4.69, 9.17) is 0 Å². The molecule has 110 valence electrons. The van der Waals surface area contributed by atoms with Gasteiger partial charge in [0.25, 0.3) is 0 Å². The molecule has 4 nitrogen and oxygen atoms in total. The maximum Gasteiger partial charge on any atom is 0.237 e. The van der Waals surface area contributed by atoms with Crippen LogP contribution in [-0.2, 0) is 11.3 Å². The maximum absolute atomic E-state index is 12.3. The molecule has 2 heterocycles. The van der Waals surface area contributed by atoms with Crippen LogP contribution in [-0.4, -0.2) is 23.0 Å². The van der Waals surface area contributed by atoms with Crippen LogP contribution >= 0.6 is 11.3 Å². The predicted octanol–water partition coefficient (Wildman–Crippen LogP) is 2.38. The normalized spacial score (nSPS) is 29.8. The summed E-state index contributed by atoms with van der Waals surface area (Å²) in [4.78, 5) is 16.6. The molecule has 2 fully saturated rings. The molecular weight excluding hydrogens is 270 g/mol. The van der Waals surface area contributed by atoms with Gasteiger partial charge in [0.2, 0.25) is 5.91 Å². The highest BCUT2D eigenvalue weighted by Crippen LogP contribution is 2.32. The van der Waals surface area contributed by atoms with Crippen LogP contribution in [0.2, 0.25) is 0 Å². The largest absolute Gasteiger partial charge is 0.349 e. The summed E-state index contributed by atoms with van der Waals surface area (Å²) < 4.78 is 0. The van der Waals surface area contributed by atoms with Crippen molar-refractivity contribution < 1.29 is 4.79 Å². The molecule has 20 heavy (non-hydrogen) atoms. The molecule has 3 unspecified atom stereocenters. The van der Waals surface area contributed by atoms with E-state index in [2.05, 4.69) is 15.6 Å². The molecule has 1 saturated heterocycles. The van der Waals surface area contributed by atoms with Crippen molar-refractivity contribution in [3.05, 3.63) is 16.1 Å². The van der Waals surface area contributed by atoms with Crippen LogP contribution in [0.15, 0.2) is 5.38 Å². The summed E-state index contributed by atoms with van der Waals surface area (Å²) in [5.74, 6) is 0.939. The minimum absolute atomic E-state index is 0.00548. The molecule has 0 spiro atoms. The Hall–Kier alpha value is -0.940. The fraction of sp³-hybridized carbons (Fsp3) is 0.733. The molecule has 1 aliphatic carbocycles. The number of hydrogen-bond acceptors (Lipinski definition) is 4. The summed E-state index contributed by atoms with van der Waals surface area (Å²) in [6.45, 7) is 2.54. The molecule has 0 aromatic carbocycles. The van der Waals surface area contributed by atoms with Crippen molar-refractivity contribution in [1.29, 1.82) is 0 Å². The number of carbonyl (C=O) groups is 1. The highest BCUT2D eigenvalue weighted by atomic mass is 32.1. The Bertz CT molecular complexity index is 473. The zero-order valence-electron chi connectivity index (χ0n) is 12.0. The molecular formula is C15H23N3OS. The van der Waals surface area contributed by atoms with Gasteiger partial charge in [0.15, 0.2) is 0 Å². The van der Waals surface area contributed by atoms with E-state index in [0.29, 0.717) is 12.6 Å². The zero-order valence-corrected chi connectivity index (χ0v) is 12.8. The second kappa shape index (κ2) is 6.22. The smallest absolute Gasteiger partial charge is 0.237 e. The fourth-order valence-electron chi connectivity index (χ4n) is 3.49. The molecule has 1 saturated carbocycles. The van der Waals surface area contributed by atoms with Crippen LogP contribution in [0, 0.1) is 12.8 Å². The molecule has 1 aromatic rings. The number of amides is 1. The quantitative estimate of drug-likeness (QED) is 0.899. The van der Waals surface area contributed by atoms with Crippen LogP contribution in [0.4, 0.5) is 0 Å². The number of nitrogens with zero attached hydrogens (tertiary/aromatic N) is 1. The second-order valence-corrected chi connectivity index (χ2v) is 7.09. The Labute approximate surface area is 124 Å². The average Bonchev–Trinajstić information content (AvgIpc) is 2.90. The highest BCUT2D eigenvalue weighted by molar-refractivity contribution is 7.09. The Balaban J connectivity index is 1.50. The molecule has 1 amide bonds. The Morgan fingerprint density at radius 2 is 2.25 bits per heavy atom. The summed E-state index contributed by atoms with van der Waals surface area (Å²) >= 11 is 1.63. The molecule has 5 heteroatoms. The standard InChI is InChI=1S/C15H23N3OS/c1-10-17-12(9-20-10)8-16-15(19)14-7-6-11-4-2-3-5-13(11)18-14/h9,11,13-14,18H,2-8H2,1H3,(H,16,19). The van der Waals surface area contributed by atoms with Crippen LogP contribution in [0.1, 0.15) is 49.2 Å². The number of piperidine rings is 1. The van der Waals surface area contributed by atoms with Crippen LogP contribution in [0.5, 0.6) is 0 Å². The number of thiazole rings is 1. The minimum Gasteiger partial charge on any atom is -0.349 e. The van der Waals surface area contributed by atoms with E-state index in [1.54, 1.807) is 11.3 Å². The van der Waals surface area contributed by atoms with Crippen molar-refractivity contribution in [2.24, 2.45) is 5.92 Å². The lowest BCUT2D eigenvalue weighted by atomic mass is 9.77. The van der Waals surface area contributed by atoms with Crippen molar-refractivity contribution in [3.63, 3.8) is 0 Å². The molecule has 0 radical (unpaired) electrons. The lowest BCUT2D eigenvalue weighted by molar-refractivity contribution is -0.124. The van der Waals surface area contributed by atoms with Gasteiger partial charge in [-0.1, -0.05) is 12.8 Å². The Morgan fingerprint density at radius 1 is 1.40 bits per heavy atom. The van der Waals surface area contributed by atoms with Gasteiger partial charge in [0, 0.05) is 11.4 Å². The lowest BCUT2D eigenvalue weighted by Gasteiger charge is -2.39. The third-order valence-electron chi connectivity index (χ3n) is 4.58. The number of hydrogen-bond donors (Lipinski definition) is 2. The number of carbonyl (C=O) groups excluding carboxylic acids is 1. The molecule has 1 aromatic heterocycles. The molecule has 0 bridgehead atoms. The van der Waals surface area contributed by atoms with Crippen LogP contribution in [0.3, 0.4) is 0 Å². The van der Waals surface area contributed by atoms with E-state index in [-0.39, 0.29) is 11.9 Å². The van der Waals surface area contributed by atoms with Gasteiger partial charge >= 0.3 is 0 Å². The van der Waals surface area contributed by atoms with Crippen molar-refractivity contribution >= 4 is 17.2 Å². The Kier molecular flexibility index (Phi) is 4.36. The van der Waals surface area contributed by atoms with Crippen LogP contribution < -0.4 is 10.6 Å². The number of rotatable bonds is 3. The fourth-order valence-corrected chi connectivity index (χ4v) is 4.10. The van der Waals surface area contributed by atoms with Crippen molar-refractivity contribution in [3.8, 4) is 0 Å². The number of aryl methyl sites for hydroxylation is 1. The first-order valence-electron chi connectivity index (χ1n) is 7.67. The number of aromatic nitrogens is 1. The first-order valence-corrected chi connectivity index (χ1v) is 8.55. The third-order valence-corrected chi connectivity index (χ3v) is 5.40. The molecule has 2 N–H and O–H groups in total. The maximum atomic E-state index is 12.3. The summed E-state index contributed by atoms with van der Waals surface area (Å²) in [6, 6.07) is 0.559. The predicted molar refractivity (Wildman–Crippen MR) is 80.6 cm³/mol. The van der Waals surface area contributed by atoms with Gasteiger partial charge in [-0.25, -0.2) is 4.98 Å². The van der Waals surface area contributed by atoms with E-state index >= 15 is 0 Å². The molecule has 3 rings (SSSR count). The first kappa shape index (κ1) is 14.0. The first-order chi connectivity index (χ1) is 9.72. The average molecular weight is 293 g/mol. The number of fused-ring (bicyclic) bond motifs is 1. The monoisotopic (exact) mass is 293 g/mol. The van der Waals surface area contributed by atoms with Crippen molar-refractivity contribution in [2.45, 2.75) is 64.1 Å². The van der Waals surface area contributed by atoms with Gasteiger partial charge < -0.3 is 10.6 Å². The third kappa shape index (κ3) is 3.20. The van der Waals surface area contributed by atoms with Gasteiger partial charge in [-0.2, -0.15) is 0 Å². The lowest BCUT2D eigenvalue weighted by Crippen LogP contribution is -2.54. The molecule has 1 aliphatic heterocycles. The van der Waals surface area contributed by atoms with E-state index in [0.717, 1.165) is 23.0 Å². The molecule has 3 atom stereocenters. The van der Waals surface area contributed by atoms with Crippen LogP contribution in [0.25, 0.3) is 0 Å². The SMILES string of the molecule is Cc1nc(CNC(=O)C2CCC3CCCCC3N2)cs1. The van der Waals surface area contributed by atoms with Gasteiger partial charge in [0.05, 0.1) is 23.3 Å². The summed E-state index contributed by atoms with van der Waals surface area (Å²) in [5, 5.41) is 9.65. The van der Waals surface area contributed by atoms with Crippen molar-refractivity contribution in [1.82, 2.24) is 15.6 Å². The molecule has 2 aliphatic rings. The van der Waals surface area contributed by atoms with E-state index in [9.17, 15) is 4.79 Å². The Morgan fingerprint density at radius 3 is 3.05 bits per heavy atom. The second-order valence-electron chi connectivity index (χ2n) is 6.02. The van der Waals surface area contributed by atoms with E-state index < -0.39 is 0 Å². The van der Waals surface area contributed by atoms with Gasteiger partial charge in [-0.05, 0) is 38.5 Å². The van der Waals surface area contributed by atoms with Crippen molar-refractivity contribution in [2.75, 3.05) is 0 Å². The van der Waals surface area contributed by atoms with E-state index in [1.165, 1.54) is 32.1 Å². The topological polar surface area (TPSA) is 54.0 Å². The van der Waals surface area contributed by atoms with E-state index in [1.807, 2.05) is 12.3 Å². The summed E-state index contributed by atoms with van der Waals surface area (Å²) in [5.41, 5.74) is 0.965.